The molecule has 0 radical (unpaired) electrons. The highest BCUT2D eigenvalue weighted by Gasteiger charge is 2.30. The van der Waals surface area contributed by atoms with Gasteiger partial charge in [-0.3, -0.25) is 4.79 Å². The van der Waals surface area contributed by atoms with E-state index in [4.69, 9.17) is 9.84 Å². The number of carbonyl (C=O) groups is 1. The Kier molecular flexibility index (Phi) is 7.71. The summed E-state index contributed by atoms with van der Waals surface area (Å²) in [4.78, 5) is 10.6. The van der Waals surface area contributed by atoms with Gasteiger partial charge in [-0.2, -0.15) is 0 Å². The van der Waals surface area contributed by atoms with Gasteiger partial charge in [0.1, 0.15) is 11.6 Å². The van der Waals surface area contributed by atoms with Crippen LogP contribution in [0.25, 0.3) is 11.1 Å². The highest BCUT2D eigenvalue weighted by molar-refractivity contribution is 5.67. The van der Waals surface area contributed by atoms with Crippen LogP contribution in [-0.4, -0.2) is 23.7 Å². The Morgan fingerprint density at radius 1 is 1.13 bits per heavy atom. The Labute approximate surface area is 184 Å². The smallest absolute Gasteiger partial charge is 0.304 e. The van der Waals surface area contributed by atoms with Gasteiger partial charge >= 0.3 is 5.97 Å². The first-order valence-electron chi connectivity index (χ1n) is 11.2. The van der Waals surface area contributed by atoms with Crippen molar-refractivity contribution in [3.8, 4) is 16.9 Å². The Morgan fingerprint density at radius 2 is 1.87 bits per heavy atom. The minimum absolute atomic E-state index is 0.0770. The van der Waals surface area contributed by atoms with Gasteiger partial charge in [0.25, 0.3) is 0 Å². The van der Waals surface area contributed by atoms with E-state index in [0.29, 0.717) is 29.8 Å². The molecule has 31 heavy (non-hydrogen) atoms. The molecule has 0 heterocycles. The average Bonchev–Trinajstić information content (AvgIpc) is 2.71. The number of hydrogen-bond acceptors (Lipinski definition) is 3. The number of carboxylic acid groups (broad SMARTS) is 1. The van der Waals surface area contributed by atoms with E-state index >= 15 is 0 Å². The zero-order valence-electron chi connectivity index (χ0n) is 18.8. The molecule has 4 nitrogen and oxygen atoms in total. The maximum Gasteiger partial charge on any atom is 0.304 e. The number of rotatable bonds is 8. The number of nitrogens with one attached hydrogen (secondary N) is 1. The Morgan fingerprint density at radius 3 is 2.52 bits per heavy atom. The van der Waals surface area contributed by atoms with Gasteiger partial charge in [-0.15, -0.1) is 0 Å². The summed E-state index contributed by atoms with van der Waals surface area (Å²) in [6.45, 7) is 7.84. The van der Waals surface area contributed by atoms with Crippen LogP contribution in [0.1, 0.15) is 58.4 Å². The topological polar surface area (TPSA) is 58.6 Å². The molecule has 0 atom stereocenters. The Hall–Kier alpha value is -2.40. The fourth-order valence-corrected chi connectivity index (χ4v) is 4.32. The maximum absolute atomic E-state index is 14.9. The summed E-state index contributed by atoms with van der Waals surface area (Å²) in [7, 11) is 0. The van der Waals surface area contributed by atoms with Gasteiger partial charge in [0.15, 0.2) is 0 Å². The summed E-state index contributed by atoms with van der Waals surface area (Å²) >= 11 is 0. The van der Waals surface area contributed by atoms with Gasteiger partial charge < -0.3 is 15.2 Å². The van der Waals surface area contributed by atoms with Crippen molar-refractivity contribution < 1.29 is 19.0 Å². The normalized spacial score (nSPS) is 19.2. The van der Waals surface area contributed by atoms with E-state index in [1.54, 1.807) is 6.07 Å². The second-order valence-electron chi connectivity index (χ2n) is 9.62. The molecule has 0 unspecified atom stereocenters. The fraction of sp³-hybridized carbons (Fsp3) is 0.500. The van der Waals surface area contributed by atoms with E-state index in [2.05, 4.69) is 26.1 Å². The van der Waals surface area contributed by atoms with Crippen molar-refractivity contribution in [2.75, 3.05) is 6.54 Å². The lowest BCUT2D eigenvalue weighted by Crippen LogP contribution is -2.30. The van der Waals surface area contributed by atoms with Gasteiger partial charge in [0.05, 0.1) is 12.5 Å². The number of benzene rings is 2. The predicted octanol–water partition coefficient (Wildman–Crippen LogP) is 6.04. The van der Waals surface area contributed by atoms with Crippen molar-refractivity contribution >= 4 is 5.97 Å². The third-order valence-electron chi connectivity index (χ3n) is 6.23. The third kappa shape index (κ3) is 6.79. The molecule has 1 aliphatic carbocycles. The van der Waals surface area contributed by atoms with E-state index in [1.807, 2.05) is 30.3 Å². The second-order valence-corrected chi connectivity index (χ2v) is 9.62. The molecule has 1 fully saturated rings. The van der Waals surface area contributed by atoms with E-state index in [-0.39, 0.29) is 18.3 Å². The van der Waals surface area contributed by atoms with Crippen molar-refractivity contribution in [2.24, 2.45) is 11.3 Å². The summed E-state index contributed by atoms with van der Waals surface area (Å²) in [6, 6.07) is 12.8. The van der Waals surface area contributed by atoms with Crippen LogP contribution < -0.4 is 10.1 Å². The highest BCUT2D eigenvalue weighted by Crippen LogP contribution is 2.39. The first kappa shape index (κ1) is 23.3. The summed E-state index contributed by atoms with van der Waals surface area (Å²) in [5, 5.41) is 11.8. The molecule has 5 heteroatoms. The minimum atomic E-state index is -0.826. The molecule has 1 saturated carbocycles. The van der Waals surface area contributed by atoms with Gasteiger partial charge in [-0.05, 0) is 66.3 Å². The molecule has 168 valence electrons. The molecule has 0 saturated heterocycles. The van der Waals surface area contributed by atoms with E-state index in [0.717, 1.165) is 42.7 Å². The van der Waals surface area contributed by atoms with Crippen LogP contribution in [0.3, 0.4) is 0 Å². The quantitative estimate of drug-likeness (QED) is 0.504. The van der Waals surface area contributed by atoms with Crippen molar-refractivity contribution in [3.05, 3.63) is 53.8 Å². The lowest BCUT2D eigenvalue weighted by molar-refractivity contribution is -0.136. The lowest BCUT2D eigenvalue weighted by atomic mass is 9.72. The molecule has 2 aromatic rings. The number of ether oxygens (including phenoxy) is 1. The van der Waals surface area contributed by atoms with Crippen molar-refractivity contribution in [3.63, 3.8) is 0 Å². The largest absolute Gasteiger partial charge is 0.490 e. The summed E-state index contributed by atoms with van der Waals surface area (Å²) < 4.78 is 21.0. The van der Waals surface area contributed by atoms with Crippen LogP contribution >= 0.6 is 0 Å². The number of halogens is 1. The van der Waals surface area contributed by atoms with Gasteiger partial charge in [-0.1, -0.05) is 39.0 Å². The maximum atomic E-state index is 14.9. The third-order valence-corrected chi connectivity index (χ3v) is 6.23. The monoisotopic (exact) mass is 427 g/mol. The van der Waals surface area contributed by atoms with Gasteiger partial charge in [-0.25, -0.2) is 4.39 Å². The number of aliphatic carboxylic acids is 1. The molecular formula is C26H34FNO3. The Balaban J connectivity index is 1.60. The lowest BCUT2D eigenvalue weighted by Gasteiger charge is -2.36. The van der Waals surface area contributed by atoms with E-state index in [1.165, 1.54) is 6.07 Å². The molecule has 3 rings (SSSR count). The molecule has 0 spiro atoms. The van der Waals surface area contributed by atoms with Crippen molar-refractivity contribution in [1.82, 2.24) is 5.32 Å². The minimum Gasteiger partial charge on any atom is -0.490 e. The SMILES string of the molecule is CC(C)(C)C1CCC(Oc2ccc(-c3cccc(CNCCC(=O)O)c3)c(F)c2)CC1. The zero-order valence-corrected chi connectivity index (χ0v) is 18.8. The molecule has 0 bridgehead atoms. The van der Waals surface area contributed by atoms with Crippen LogP contribution in [0, 0.1) is 17.2 Å². The number of carboxylic acids is 1. The highest BCUT2D eigenvalue weighted by atomic mass is 19.1. The summed E-state index contributed by atoms with van der Waals surface area (Å²) in [5.74, 6) is 0.189. The van der Waals surface area contributed by atoms with Crippen LogP contribution in [0.5, 0.6) is 5.75 Å². The van der Waals surface area contributed by atoms with E-state index < -0.39 is 5.97 Å². The van der Waals surface area contributed by atoms with Crippen LogP contribution in [0.4, 0.5) is 4.39 Å². The molecule has 2 aromatic carbocycles. The fourth-order valence-electron chi connectivity index (χ4n) is 4.32. The standard InChI is InChI=1S/C26H34FNO3/c1-26(2,3)20-7-9-21(10-8-20)31-22-11-12-23(24(27)16-22)19-6-4-5-18(15-19)17-28-14-13-25(29)30/h4-6,11-12,15-16,20-21,28H,7-10,13-14,17H2,1-3H3,(H,29,30). The Bertz CT molecular complexity index is 882. The van der Waals surface area contributed by atoms with Crippen LogP contribution in [0.2, 0.25) is 0 Å². The van der Waals surface area contributed by atoms with Gasteiger partial charge in [0, 0.05) is 24.7 Å². The van der Waals surface area contributed by atoms with E-state index in [9.17, 15) is 9.18 Å². The van der Waals surface area contributed by atoms with Crippen molar-refractivity contribution in [2.45, 2.75) is 65.5 Å². The molecule has 1 aliphatic rings. The zero-order chi connectivity index (χ0) is 22.4. The van der Waals surface area contributed by atoms with Gasteiger partial charge in [0.2, 0.25) is 0 Å². The predicted molar refractivity (Wildman–Crippen MR) is 122 cm³/mol. The summed E-state index contributed by atoms with van der Waals surface area (Å²) in [5.41, 5.74) is 2.65. The average molecular weight is 428 g/mol. The molecule has 0 amide bonds. The summed E-state index contributed by atoms with van der Waals surface area (Å²) in [6.07, 6.45) is 4.58. The van der Waals surface area contributed by atoms with Crippen LogP contribution in [0.15, 0.2) is 42.5 Å². The van der Waals surface area contributed by atoms with Crippen LogP contribution in [-0.2, 0) is 11.3 Å². The molecular weight excluding hydrogens is 393 g/mol. The first-order valence-corrected chi connectivity index (χ1v) is 11.2. The first-order chi connectivity index (χ1) is 14.7. The van der Waals surface area contributed by atoms with Crippen molar-refractivity contribution in [1.29, 1.82) is 0 Å². The number of hydrogen-bond donors (Lipinski definition) is 2. The second kappa shape index (κ2) is 10.3. The molecule has 2 N–H and O–H groups in total. The molecule has 0 aliphatic heterocycles. The molecule has 0 aromatic heterocycles.